The molecule has 1 N–H and O–H groups in total. The third-order valence-corrected chi connectivity index (χ3v) is 1.47. The van der Waals surface area contributed by atoms with Crippen molar-refractivity contribution in [1.82, 2.24) is 0 Å². The first kappa shape index (κ1) is 7.68. The van der Waals surface area contributed by atoms with Gasteiger partial charge in [0.25, 0.3) is 0 Å². The zero-order chi connectivity index (χ0) is 8.10. The van der Waals surface area contributed by atoms with Gasteiger partial charge in [-0.1, -0.05) is 12.1 Å². The summed E-state index contributed by atoms with van der Waals surface area (Å²) < 4.78 is 0. The number of aromatic hydroxyl groups is 1. The van der Waals surface area contributed by atoms with E-state index in [0.29, 0.717) is 5.75 Å². The molecule has 11 heavy (non-hydrogen) atoms. The summed E-state index contributed by atoms with van der Waals surface area (Å²) in [6.45, 7) is 0. The molecule has 1 aromatic rings. The third kappa shape index (κ3) is 2.35. The van der Waals surface area contributed by atoms with E-state index >= 15 is 0 Å². The summed E-state index contributed by atoms with van der Waals surface area (Å²) in [6, 6.07) is 7.16. The minimum atomic E-state index is 0.305. The van der Waals surface area contributed by atoms with E-state index in [1.807, 2.05) is 12.1 Å². The van der Waals surface area contributed by atoms with Crippen LogP contribution < -0.4 is 0 Å². The molecule has 0 radical (unpaired) electrons. The SMILES string of the molecule is C#CCCc1cccc(O)c1. The van der Waals surface area contributed by atoms with Gasteiger partial charge in [-0.05, 0) is 24.1 Å². The molecule has 0 aliphatic rings. The quantitative estimate of drug-likeness (QED) is 0.632. The van der Waals surface area contributed by atoms with Crippen LogP contribution in [0, 0.1) is 12.3 Å². The van der Waals surface area contributed by atoms with E-state index < -0.39 is 0 Å². The fourth-order valence-corrected chi connectivity index (χ4v) is 0.928. The number of rotatable bonds is 2. The van der Waals surface area contributed by atoms with Crippen molar-refractivity contribution >= 4 is 0 Å². The molecule has 0 saturated heterocycles. The molecule has 0 fully saturated rings. The Morgan fingerprint density at radius 1 is 1.45 bits per heavy atom. The molecule has 1 nitrogen and oxygen atoms in total. The van der Waals surface area contributed by atoms with Crippen LogP contribution in [-0.2, 0) is 6.42 Å². The summed E-state index contributed by atoms with van der Waals surface area (Å²) in [5.41, 5.74) is 1.09. The molecule has 0 amide bonds. The van der Waals surface area contributed by atoms with Crippen LogP contribution in [0.3, 0.4) is 0 Å². The summed E-state index contributed by atoms with van der Waals surface area (Å²) in [5.74, 6) is 2.86. The summed E-state index contributed by atoms with van der Waals surface area (Å²) in [5, 5.41) is 9.06. The zero-order valence-electron chi connectivity index (χ0n) is 6.25. The largest absolute Gasteiger partial charge is 0.508 e. The van der Waals surface area contributed by atoms with E-state index in [9.17, 15) is 0 Å². The molecule has 1 aromatic carbocycles. The predicted molar refractivity (Wildman–Crippen MR) is 45.3 cm³/mol. The van der Waals surface area contributed by atoms with Crippen LogP contribution in [0.4, 0.5) is 0 Å². The van der Waals surface area contributed by atoms with Gasteiger partial charge < -0.3 is 5.11 Å². The van der Waals surface area contributed by atoms with Crippen LogP contribution in [0.1, 0.15) is 12.0 Å². The van der Waals surface area contributed by atoms with Crippen LogP contribution in [0.5, 0.6) is 5.75 Å². The molecule has 0 aliphatic carbocycles. The number of phenolic OH excluding ortho intramolecular Hbond substituents is 1. The van der Waals surface area contributed by atoms with Crippen molar-refractivity contribution in [2.75, 3.05) is 0 Å². The second-order valence-electron chi connectivity index (χ2n) is 2.37. The van der Waals surface area contributed by atoms with Gasteiger partial charge in [-0.2, -0.15) is 0 Å². The fraction of sp³-hybridized carbons (Fsp3) is 0.200. The third-order valence-electron chi connectivity index (χ3n) is 1.47. The minimum Gasteiger partial charge on any atom is -0.508 e. The molecule has 0 spiro atoms. The maximum Gasteiger partial charge on any atom is 0.115 e. The Labute approximate surface area is 66.7 Å². The average molecular weight is 146 g/mol. The first-order valence-corrected chi connectivity index (χ1v) is 3.54. The Bertz CT molecular complexity index is 270. The molecule has 1 heteroatoms. The van der Waals surface area contributed by atoms with Crippen molar-refractivity contribution in [3.8, 4) is 18.1 Å². The highest BCUT2D eigenvalue weighted by molar-refractivity contribution is 5.27. The van der Waals surface area contributed by atoms with E-state index in [0.717, 1.165) is 18.4 Å². The van der Waals surface area contributed by atoms with Crippen molar-refractivity contribution in [3.05, 3.63) is 29.8 Å². The molecule has 0 saturated carbocycles. The zero-order valence-corrected chi connectivity index (χ0v) is 6.25. The molecule has 0 aromatic heterocycles. The number of phenols is 1. The fourth-order valence-electron chi connectivity index (χ4n) is 0.928. The Hall–Kier alpha value is -1.42. The van der Waals surface area contributed by atoms with Crippen molar-refractivity contribution in [2.45, 2.75) is 12.8 Å². The maximum atomic E-state index is 9.06. The lowest BCUT2D eigenvalue weighted by molar-refractivity contribution is 0.474. The van der Waals surface area contributed by atoms with E-state index in [4.69, 9.17) is 11.5 Å². The summed E-state index contributed by atoms with van der Waals surface area (Å²) in [7, 11) is 0. The topological polar surface area (TPSA) is 20.2 Å². The molecule has 0 atom stereocenters. The lowest BCUT2D eigenvalue weighted by Gasteiger charge is -1.96. The van der Waals surface area contributed by atoms with Crippen LogP contribution in [0.25, 0.3) is 0 Å². The molecule has 0 heterocycles. The molecule has 56 valence electrons. The number of benzene rings is 1. The average Bonchev–Trinajstić information content (AvgIpc) is 2.01. The van der Waals surface area contributed by atoms with Crippen molar-refractivity contribution in [3.63, 3.8) is 0 Å². The molecular weight excluding hydrogens is 136 g/mol. The number of terminal acetylenes is 1. The van der Waals surface area contributed by atoms with Crippen LogP contribution in [0.15, 0.2) is 24.3 Å². The first-order chi connectivity index (χ1) is 5.33. The highest BCUT2D eigenvalue weighted by atomic mass is 16.3. The highest BCUT2D eigenvalue weighted by Crippen LogP contribution is 2.11. The summed E-state index contributed by atoms with van der Waals surface area (Å²) >= 11 is 0. The molecule has 0 unspecified atom stereocenters. The monoisotopic (exact) mass is 146 g/mol. The minimum absolute atomic E-state index is 0.305. The smallest absolute Gasteiger partial charge is 0.115 e. The van der Waals surface area contributed by atoms with Gasteiger partial charge in [0.2, 0.25) is 0 Å². The second kappa shape index (κ2) is 3.68. The summed E-state index contributed by atoms with van der Waals surface area (Å²) in [4.78, 5) is 0. The van der Waals surface area contributed by atoms with Crippen LogP contribution in [0.2, 0.25) is 0 Å². The van der Waals surface area contributed by atoms with Gasteiger partial charge in [0.1, 0.15) is 5.75 Å². The first-order valence-electron chi connectivity index (χ1n) is 3.54. The number of hydrogen-bond acceptors (Lipinski definition) is 1. The Kier molecular flexibility index (Phi) is 2.57. The van der Waals surface area contributed by atoms with Gasteiger partial charge in [-0.15, -0.1) is 12.3 Å². The van der Waals surface area contributed by atoms with Gasteiger partial charge >= 0.3 is 0 Å². The van der Waals surface area contributed by atoms with Gasteiger partial charge in [0, 0.05) is 6.42 Å². The van der Waals surface area contributed by atoms with E-state index in [1.165, 1.54) is 0 Å². The van der Waals surface area contributed by atoms with E-state index in [1.54, 1.807) is 12.1 Å². The van der Waals surface area contributed by atoms with Crippen LogP contribution >= 0.6 is 0 Å². The predicted octanol–water partition coefficient (Wildman–Crippen LogP) is 1.96. The summed E-state index contributed by atoms with van der Waals surface area (Å²) in [6.07, 6.45) is 6.67. The van der Waals surface area contributed by atoms with Gasteiger partial charge in [-0.25, -0.2) is 0 Å². The lowest BCUT2D eigenvalue weighted by atomic mass is 10.1. The molecule has 1 rings (SSSR count). The van der Waals surface area contributed by atoms with Gasteiger partial charge in [0.05, 0.1) is 0 Å². The number of aryl methyl sites for hydroxylation is 1. The highest BCUT2D eigenvalue weighted by Gasteiger charge is 1.91. The van der Waals surface area contributed by atoms with Crippen molar-refractivity contribution in [2.24, 2.45) is 0 Å². The normalized spacial score (nSPS) is 9.00. The van der Waals surface area contributed by atoms with Gasteiger partial charge in [-0.3, -0.25) is 0 Å². The van der Waals surface area contributed by atoms with Gasteiger partial charge in [0.15, 0.2) is 0 Å². The van der Waals surface area contributed by atoms with E-state index in [-0.39, 0.29) is 0 Å². The standard InChI is InChI=1S/C10H10O/c1-2-3-5-9-6-4-7-10(11)8-9/h1,4,6-8,11H,3,5H2. The Morgan fingerprint density at radius 3 is 2.91 bits per heavy atom. The molecular formula is C10H10O. The second-order valence-corrected chi connectivity index (χ2v) is 2.37. The Balaban J connectivity index is 2.65. The van der Waals surface area contributed by atoms with Crippen LogP contribution in [-0.4, -0.2) is 5.11 Å². The molecule has 0 aliphatic heterocycles. The number of hydrogen-bond donors (Lipinski definition) is 1. The lowest BCUT2D eigenvalue weighted by Crippen LogP contribution is -1.81. The van der Waals surface area contributed by atoms with Crippen molar-refractivity contribution in [1.29, 1.82) is 0 Å². The maximum absolute atomic E-state index is 9.06. The van der Waals surface area contributed by atoms with Crippen molar-refractivity contribution < 1.29 is 5.11 Å². The molecule has 0 bridgehead atoms. The Morgan fingerprint density at radius 2 is 2.27 bits per heavy atom. The van der Waals surface area contributed by atoms with E-state index in [2.05, 4.69) is 5.92 Å².